The van der Waals surface area contributed by atoms with E-state index in [1.165, 1.54) is 36.4 Å². The Balaban J connectivity index is 1.46. The Labute approximate surface area is 225 Å². The monoisotopic (exact) mass is 546 g/mol. The van der Waals surface area contributed by atoms with Crippen LogP contribution in [0.2, 0.25) is 5.02 Å². The lowest BCUT2D eigenvalue weighted by atomic mass is 10.1. The van der Waals surface area contributed by atoms with E-state index in [4.69, 9.17) is 16.3 Å². The number of ether oxygens (including phenoxy) is 1. The second-order valence-electron chi connectivity index (χ2n) is 8.79. The summed E-state index contributed by atoms with van der Waals surface area (Å²) in [5, 5.41) is 1.71. The van der Waals surface area contributed by atoms with Gasteiger partial charge in [-0.2, -0.15) is 0 Å². The van der Waals surface area contributed by atoms with Crippen molar-refractivity contribution >= 4 is 52.1 Å². The first kappa shape index (κ1) is 24.7. The molecule has 0 bridgehead atoms. The van der Waals surface area contributed by atoms with Gasteiger partial charge in [0.25, 0.3) is 11.8 Å². The molecule has 3 heterocycles. The van der Waals surface area contributed by atoms with Crippen molar-refractivity contribution in [3.05, 3.63) is 106 Å². The number of carbonyl (C=O) groups excluding carboxylic acids is 3. The second-order valence-corrected chi connectivity index (χ2v) is 9.19. The van der Waals surface area contributed by atoms with Gasteiger partial charge in [-0.1, -0.05) is 29.8 Å². The Kier molecular flexibility index (Phi) is 6.05. The molecule has 0 unspecified atom stereocenters. The lowest BCUT2D eigenvalue weighted by Crippen LogP contribution is -2.31. The minimum Gasteiger partial charge on any atom is -0.485 e. The van der Waals surface area contributed by atoms with E-state index >= 15 is 0 Å². The van der Waals surface area contributed by atoms with Gasteiger partial charge in [0.1, 0.15) is 18.2 Å². The number of hydrogen-bond donors (Lipinski definition) is 1. The smallest absolute Gasteiger partial charge is 0.267 e. The molecule has 1 aromatic heterocycles. The Morgan fingerprint density at radius 3 is 2.44 bits per heavy atom. The number of rotatable bonds is 6. The number of aldehydes is 1. The average molecular weight is 547 g/mol. The van der Waals surface area contributed by atoms with E-state index in [0.29, 0.717) is 29.5 Å². The zero-order valence-corrected chi connectivity index (χ0v) is 20.7. The number of nitrogens with one attached hydrogen (secondary N) is 1. The number of benzene rings is 3. The van der Waals surface area contributed by atoms with Crippen molar-refractivity contribution in [1.82, 2.24) is 10.4 Å². The molecule has 2 amide bonds. The average Bonchev–Trinajstić information content (AvgIpc) is 3.55. The first-order chi connectivity index (χ1) is 18.9. The van der Waals surface area contributed by atoms with E-state index < -0.39 is 23.4 Å². The first-order valence-corrected chi connectivity index (χ1v) is 12.1. The minimum atomic E-state index is -0.711. The molecular weight excluding hydrogens is 530 g/mol. The number of nitrogens with zero attached hydrogens (tertiary/aromatic N) is 3. The van der Waals surface area contributed by atoms with Crippen LogP contribution in [-0.2, 0) is 6.61 Å². The minimum absolute atomic E-state index is 0.00780. The normalized spacial score (nSPS) is 14.4. The largest absolute Gasteiger partial charge is 0.485 e. The fourth-order valence-corrected chi connectivity index (χ4v) is 4.68. The fraction of sp³-hybridized carbons (Fsp3) is 0.0714. The van der Waals surface area contributed by atoms with Crippen LogP contribution in [0.4, 0.5) is 20.3 Å². The zero-order valence-electron chi connectivity index (χ0n) is 20.0. The van der Waals surface area contributed by atoms with Gasteiger partial charge < -0.3 is 4.74 Å². The van der Waals surface area contributed by atoms with Crippen molar-refractivity contribution in [2.24, 2.45) is 0 Å². The summed E-state index contributed by atoms with van der Waals surface area (Å²) in [7, 11) is 0. The number of fused-ring (bicyclic) bond motifs is 2. The van der Waals surface area contributed by atoms with Crippen molar-refractivity contribution in [1.29, 1.82) is 0 Å². The molecule has 194 valence electrons. The molecule has 0 aliphatic carbocycles. The second kappa shape index (κ2) is 9.57. The van der Waals surface area contributed by atoms with Crippen LogP contribution in [0.15, 0.2) is 66.9 Å². The van der Waals surface area contributed by atoms with Gasteiger partial charge in [-0.05, 0) is 36.4 Å². The van der Waals surface area contributed by atoms with E-state index in [0.717, 1.165) is 11.0 Å². The van der Waals surface area contributed by atoms with Crippen LogP contribution in [0.5, 0.6) is 5.75 Å². The molecule has 39 heavy (non-hydrogen) atoms. The summed E-state index contributed by atoms with van der Waals surface area (Å²) in [6, 6.07) is 12.8. The number of halogens is 3. The predicted octanol–water partition coefficient (Wildman–Crippen LogP) is 5.20. The SMILES string of the molecule is O=Cc1cc(COc2cc3cc(F)c(Cl)cc3nc2N2C(=O)c3ccccc3C2=O)c(N2C=CCN2)cc1F. The molecule has 2 aliphatic heterocycles. The third-order valence-electron chi connectivity index (χ3n) is 6.41. The summed E-state index contributed by atoms with van der Waals surface area (Å²) < 4.78 is 34.8. The Bertz CT molecular complexity index is 1710. The third kappa shape index (κ3) is 4.19. The van der Waals surface area contributed by atoms with E-state index in [2.05, 4.69) is 10.4 Å². The number of aromatic nitrogens is 1. The first-order valence-electron chi connectivity index (χ1n) is 11.7. The van der Waals surface area contributed by atoms with Gasteiger partial charge in [0, 0.05) is 29.8 Å². The van der Waals surface area contributed by atoms with Crippen molar-refractivity contribution in [3.8, 4) is 5.75 Å². The molecule has 11 heteroatoms. The number of amides is 2. The summed E-state index contributed by atoms with van der Waals surface area (Å²) in [6.45, 7) is 0.311. The van der Waals surface area contributed by atoms with E-state index in [1.54, 1.807) is 23.3 Å². The lowest BCUT2D eigenvalue weighted by molar-refractivity contribution is 0.0923. The van der Waals surface area contributed by atoms with Crippen molar-refractivity contribution in [2.45, 2.75) is 6.61 Å². The standard InChI is InChI=1S/C28H17ClF2N4O4/c29-20-11-23-15(9-22(20)31)10-25(26(33-23)35-27(37)18-4-1-2-5-19(18)28(35)38)39-14-17-8-16(13-36)21(30)12-24(17)34-7-3-6-32-34/h1-5,7-13,32H,6,14H2. The molecule has 0 saturated carbocycles. The van der Waals surface area contributed by atoms with Gasteiger partial charge in [0.05, 0.1) is 32.9 Å². The van der Waals surface area contributed by atoms with E-state index in [1.807, 2.05) is 6.08 Å². The molecular formula is C28H17ClF2N4O4. The summed E-state index contributed by atoms with van der Waals surface area (Å²) in [5.41, 5.74) is 4.32. The Morgan fingerprint density at radius 2 is 1.77 bits per heavy atom. The Morgan fingerprint density at radius 1 is 1.03 bits per heavy atom. The van der Waals surface area contributed by atoms with Gasteiger partial charge in [-0.25, -0.2) is 24.1 Å². The summed E-state index contributed by atoms with van der Waals surface area (Å²) in [5.74, 6) is -2.72. The molecule has 1 N–H and O–H groups in total. The van der Waals surface area contributed by atoms with Crippen LogP contribution < -0.4 is 20.1 Å². The highest BCUT2D eigenvalue weighted by Gasteiger charge is 2.39. The fourth-order valence-electron chi connectivity index (χ4n) is 4.53. The van der Waals surface area contributed by atoms with Crippen molar-refractivity contribution < 1.29 is 27.9 Å². The van der Waals surface area contributed by atoms with Crippen LogP contribution in [0.25, 0.3) is 10.9 Å². The topological polar surface area (TPSA) is 91.8 Å². The van der Waals surface area contributed by atoms with Crippen LogP contribution in [0, 0.1) is 11.6 Å². The maximum Gasteiger partial charge on any atom is 0.267 e. The van der Waals surface area contributed by atoms with E-state index in [-0.39, 0.29) is 45.4 Å². The van der Waals surface area contributed by atoms with E-state index in [9.17, 15) is 23.2 Å². The van der Waals surface area contributed by atoms with Gasteiger partial charge in [0.15, 0.2) is 17.9 Å². The number of hydrogen-bond acceptors (Lipinski definition) is 7. The molecule has 4 aromatic rings. The van der Waals surface area contributed by atoms with Gasteiger partial charge in [-0.3, -0.25) is 19.4 Å². The maximum absolute atomic E-state index is 14.5. The summed E-state index contributed by atoms with van der Waals surface area (Å²) in [6.07, 6.45) is 3.92. The Hall–Kier alpha value is -4.67. The molecule has 0 atom stereocenters. The number of hydrazine groups is 1. The number of pyridine rings is 1. The molecule has 3 aromatic carbocycles. The van der Waals surface area contributed by atoms with Crippen LogP contribution in [-0.4, -0.2) is 29.6 Å². The molecule has 0 fully saturated rings. The highest BCUT2D eigenvalue weighted by Crippen LogP contribution is 2.37. The van der Waals surface area contributed by atoms with Gasteiger partial charge in [0.2, 0.25) is 0 Å². The summed E-state index contributed by atoms with van der Waals surface area (Å²) in [4.78, 5) is 43.3. The van der Waals surface area contributed by atoms with Crippen LogP contribution >= 0.6 is 11.6 Å². The molecule has 6 rings (SSSR count). The van der Waals surface area contributed by atoms with Crippen molar-refractivity contribution in [2.75, 3.05) is 16.5 Å². The number of imide groups is 1. The molecule has 0 saturated heterocycles. The highest BCUT2D eigenvalue weighted by atomic mass is 35.5. The number of anilines is 2. The third-order valence-corrected chi connectivity index (χ3v) is 6.70. The molecule has 8 nitrogen and oxygen atoms in total. The van der Waals surface area contributed by atoms with Crippen molar-refractivity contribution in [3.63, 3.8) is 0 Å². The van der Waals surface area contributed by atoms with Crippen LogP contribution in [0.1, 0.15) is 36.6 Å². The molecule has 0 radical (unpaired) electrons. The lowest BCUT2D eigenvalue weighted by Gasteiger charge is -2.22. The summed E-state index contributed by atoms with van der Waals surface area (Å²) >= 11 is 5.96. The van der Waals surface area contributed by atoms with Crippen LogP contribution in [0.3, 0.4) is 0 Å². The van der Waals surface area contributed by atoms with Gasteiger partial charge in [-0.15, -0.1) is 0 Å². The zero-order chi connectivity index (χ0) is 27.3. The predicted molar refractivity (Wildman–Crippen MR) is 140 cm³/mol. The van der Waals surface area contributed by atoms with Gasteiger partial charge >= 0.3 is 0 Å². The molecule has 0 spiro atoms. The quantitative estimate of drug-likeness (QED) is 0.263. The molecule has 2 aliphatic rings. The maximum atomic E-state index is 14.5. The number of carbonyl (C=O) groups is 3. The highest BCUT2D eigenvalue weighted by molar-refractivity contribution is 6.34.